The first kappa shape index (κ1) is 30.3. The largest absolute Gasteiger partial charge is 0.477 e. The number of aromatic carboxylic acids is 1. The molecule has 1 aliphatic carbocycles. The summed E-state index contributed by atoms with van der Waals surface area (Å²) >= 11 is 1.66. The van der Waals surface area contributed by atoms with Crippen LogP contribution in [-0.4, -0.2) is 72.9 Å². The molecule has 11 heteroatoms. The molecule has 0 spiro atoms. The highest BCUT2D eigenvalue weighted by Gasteiger charge is 2.28. The summed E-state index contributed by atoms with van der Waals surface area (Å²) in [5.41, 5.74) is 7.57. The number of aromatic amines is 1. The quantitative estimate of drug-likeness (QED) is 0.191. The summed E-state index contributed by atoms with van der Waals surface area (Å²) in [5.74, 6) is -0.604. The number of thiazole rings is 1. The molecule has 5 aromatic rings. The number of rotatable bonds is 8. The number of pyridine rings is 1. The molecule has 0 radical (unpaired) electrons. The molecule has 0 atom stereocenters. The Balaban J connectivity index is 1.34. The molecule has 1 saturated carbocycles. The first-order chi connectivity index (χ1) is 22.4. The van der Waals surface area contributed by atoms with E-state index >= 15 is 0 Å². The molecule has 238 valence electrons. The maximum absolute atomic E-state index is 13.4. The Morgan fingerprint density at radius 1 is 1.00 bits per heavy atom. The summed E-state index contributed by atoms with van der Waals surface area (Å²) in [6.45, 7) is 6.78. The first-order valence-electron chi connectivity index (χ1n) is 16.1. The summed E-state index contributed by atoms with van der Waals surface area (Å²) in [4.78, 5) is 37.7. The van der Waals surface area contributed by atoms with Crippen LogP contribution in [0, 0.1) is 13.8 Å². The van der Waals surface area contributed by atoms with Crippen molar-refractivity contribution >= 4 is 34.1 Å². The lowest BCUT2D eigenvalue weighted by Gasteiger charge is -2.27. The third kappa shape index (κ3) is 5.96. The number of aromatic nitrogens is 5. The summed E-state index contributed by atoms with van der Waals surface area (Å²) in [6.07, 6.45) is 6.09. The summed E-state index contributed by atoms with van der Waals surface area (Å²) < 4.78 is 7.66. The van der Waals surface area contributed by atoms with Crippen LogP contribution < -0.4 is 0 Å². The molecule has 1 amide bonds. The highest BCUT2D eigenvalue weighted by Crippen LogP contribution is 2.43. The second-order valence-corrected chi connectivity index (χ2v) is 13.5. The maximum atomic E-state index is 13.4. The monoisotopic (exact) mass is 638 g/mol. The van der Waals surface area contributed by atoms with E-state index in [4.69, 9.17) is 9.72 Å². The van der Waals surface area contributed by atoms with E-state index in [1.165, 1.54) is 24.8 Å². The molecule has 2 aliphatic rings. The van der Waals surface area contributed by atoms with Gasteiger partial charge in [-0.05, 0) is 68.0 Å². The van der Waals surface area contributed by atoms with Crippen molar-refractivity contribution in [2.75, 3.05) is 26.3 Å². The lowest BCUT2D eigenvalue weighted by molar-refractivity contribution is -0.135. The molecule has 46 heavy (non-hydrogen) atoms. The molecule has 1 aromatic carbocycles. The van der Waals surface area contributed by atoms with E-state index in [1.54, 1.807) is 17.4 Å². The number of aryl methyl sites for hydroxylation is 2. The molecule has 0 unspecified atom stereocenters. The van der Waals surface area contributed by atoms with Gasteiger partial charge in [0.05, 0.1) is 51.4 Å². The van der Waals surface area contributed by atoms with Gasteiger partial charge in [0.15, 0.2) is 0 Å². The zero-order valence-corrected chi connectivity index (χ0v) is 27.0. The highest BCUT2D eigenvalue weighted by molar-refractivity contribution is 7.15. The average Bonchev–Trinajstić information content (AvgIpc) is 3.80. The van der Waals surface area contributed by atoms with Gasteiger partial charge in [0, 0.05) is 37.5 Å². The second kappa shape index (κ2) is 12.8. The van der Waals surface area contributed by atoms with Gasteiger partial charge in [-0.25, -0.2) is 14.8 Å². The van der Waals surface area contributed by atoms with E-state index in [-0.39, 0.29) is 11.6 Å². The predicted molar refractivity (Wildman–Crippen MR) is 178 cm³/mol. The van der Waals surface area contributed by atoms with Crippen LogP contribution in [0.4, 0.5) is 0 Å². The fourth-order valence-corrected chi connectivity index (χ4v) is 7.86. The van der Waals surface area contributed by atoms with Crippen molar-refractivity contribution in [1.29, 1.82) is 0 Å². The predicted octanol–water partition coefficient (Wildman–Crippen LogP) is 6.83. The van der Waals surface area contributed by atoms with Crippen LogP contribution in [0.25, 0.3) is 44.1 Å². The lowest BCUT2D eigenvalue weighted by atomic mass is 9.83. The molecular formula is C35H38N6O4S. The van der Waals surface area contributed by atoms with E-state index in [9.17, 15) is 14.7 Å². The van der Waals surface area contributed by atoms with Gasteiger partial charge in [-0.2, -0.15) is 5.10 Å². The smallest absolute Gasteiger partial charge is 0.353 e. The Kier molecular flexibility index (Phi) is 8.44. The molecule has 5 heterocycles. The second-order valence-electron chi connectivity index (χ2n) is 12.3. The lowest BCUT2D eigenvalue weighted by Crippen LogP contribution is -2.41. The van der Waals surface area contributed by atoms with Crippen LogP contribution in [-0.2, 0) is 16.1 Å². The van der Waals surface area contributed by atoms with Crippen LogP contribution in [0.3, 0.4) is 0 Å². The van der Waals surface area contributed by atoms with Crippen LogP contribution in [0.2, 0.25) is 0 Å². The van der Waals surface area contributed by atoms with Crippen molar-refractivity contribution in [3.05, 3.63) is 64.4 Å². The van der Waals surface area contributed by atoms with Crippen LogP contribution in [0.5, 0.6) is 0 Å². The third-order valence-corrected chi connectivity index (χ3v) is 10.3. The van der Waals surface area contributed by atoms with Gasteiger partial charge in [-0.15, -0.1) is 11.3 Å². The Morgan fingerprint density at radius 3 is 2.52 bits per heavy atom. The molecule has 10 nitrogen and oxygen atoms in total. The van der Waals surface area contributed by atoms with Gasteiger partial charge >= 0.3 is 5.97 Å². The van der Waals surface area contributed by atoms with E-state index in [1.807, 2.05) is 18.7 Å². The maximum Gasteiger partial charge on any atom is 0.353 e. The standard InChI is InChI=1S/C35H38N6O4S/c1-21-34(46-22(2)36-21)28-11-8-24-18-25(9-10-27(24)37-28)33-26(23-6-4-3-5-7-23)19-31(29-20-30(35(43)44)39-38-29)41(33)13-12-32(42)40-14-16-45-17-15-40/h8-11,18-20,23H,3-7,12-17H2,1-2H3,(H,38,39)(H,43,44). The number of carbonyl (C=O) groups excluding carboxylic acids is 1. The minimum Gasteiger partial charge on any atom is -0.477 e. The van der Waals surface area contributed by atoms with Crippen molar-refractivity contribution in [2.45, 2.75) is 64.8 Å². The third-order valence-electron chi connectivity index (χ3n) is 9.25. The Bertz CT molecular complexity index is 1910. The van der Waals surface area contributed by atoms with Gasteiger partial charge in [-0.1, -0.05) is 31.4 Å². The summed E-state index contributed by atoms with van der Waals surface area (Å²) in [7, 11) is 0. The molecule has 1 aliphatic heterocycles. The number of hydrogen-bond acceptors (Lipinski definition) is 7. The number of nitrogens with one attached hydrogen (secondary N) is 1. The minimum atomic E-state index is -1.06. The molecule has 0 bridgehead atoms. The number of benzene rings is 1. The minimum absolute atomic E-state index is 0.0341. The van der Waals surface area contributed by atoms with Crippen LogP contribution in [0.15, 0.2) is 42.5 Å². The zero-order chi connectivity index (χ0) is 31.8. The fraction of sp³-hybridized carbons (Fsp3) is 0.400. The van der Waals surface area contributed by atoms with Crippen LogP contribution >= 0.6 is 11.3 Å². The average molecular weight is 639 g/mol. The van der Waals surface area contributed by atoms with Crippen molar-refractivity contribution in [3.63, 3.8) is 0 Å². The fourth-order valence-electron chi connectivity index (χ4n) is 6.97. The topological polar surface area (TPSA) is 126 Å². The number of morpholine rings is 1. The van der Waals surface area contributed by atoms with E-state index < -0.39 is 5.97 Å². The molecule has 7 rings (SSSR count). The van der Waals surface area contributed by atoms with Crippen molar-refractivity contribution in [3.8, 4) is 33.2 Å². The van der Waals surface area contributed by atoms with E-state index in [0.717, 1.165) is 62.0 Å². The normalized spacial score (nSPS) is 15.9. The Hall–Kier alpha value is -4.35. The first-order valence-corrected chi connectivity index (χ1v) is 16.9. The van der Waals surface area contributed by atoms with Crippen LogP contribution in [0.1, 0.15) is 71.2 Å². The van der Waals surface area contributed by atoms with Crippen molar-refractivity contribution in [1.82, 2.24) is 29.6 Å². The number of ether oxygens (including phenoxy) is 1. The summed E-state index contributed by atoms with van der Waals surface area (Å²) in [5, 5.41) is 18.8. The molecule has 1 saturated heterocycles. The number of amides is 1. The highest BCUT2D eigenvalue weighted by atomic mass is 32.1. The molecule has 4 aromatic heterocycles. The van der Waals surface area contributed by atoms with Crippen molar-refractivity contribution < 1.29 is 19.4 Å². The Labute approximate surface area is 271 Å². The molecule has 2 fully saturated rings. The van der Waals surface area contributed by atoms with Gasteiger partial charge in [-0.3, -0.25) is 9.89 Å². The number of fused-ring (bicyclic) bond motifs is 1. The number of nitrogens with zero attached hydrogens (tertiary/aromatic N) is 5. The number of H-pyrrole nitrogens is 1. The van der Waals surface area contributed by atoms with Gasteiger partial charge in [0.25, 0.3) is 0 Å². The number of carboxylic acids is 1. The van der Waals surface area contributed by atoms with Crippen molar-refractivity contribution in [2.24, 2.45) is 0 Å². The van der Waals surface area contributed by atoms with Gasteiger partial charge in [0.2, 0.25) is 5.91 Å². The van der Waals surface area contributed by atoms with E-state index in [0.29, 0.717) is 50.9 Å². The number of hydrogen-bond donors (Lipinski definition) is 2. The van der Waals surface area contributed by atoms with Gasteiger partial charge < -0.3 is 19.3 Å². The Morgan fingerprint density at radius 2 is 1.80 bits per heavy atom. The summed E-state index contributed by atoms with van der Waals surface area (Å²) in [6, 6.07) is 14.4. The van der Waals surface area contributed by atoms with E-state index in [2.05, 4.69) is 56.1 Å². The molecular weight excluding hydrogens is 600 g/mol. The SMILES string of the molecule is Cc1nc(C)c(-c2ccc3cc(-c4c(C5CCCCC5)cc(-c5cc(C(=O)O)[nH]n5)n4CCC(=O)N4CCOCC4)ccc3n2)s1. The van der Waals surface area contributed by atoms with Gasteiger partial charge in [0.1, 0.15) is 11.4 Å². The number of carbonyl (C=O) groups is 2. The molecule has 2 N–H and O–H groups in total. The zero-order valence-electron chi connectivity index (χ0n) is 26.2. The number of carboxylic acid groups (broad SMARTS) is 1.